The predicted molar refractivity (Wildman–Crippen MR) is 69.9 cm³/mol. The highest BCUT2D eigenvalue weighted by atomic mass is 35.5. The van der Waals surface area contributed by atoms with E-state index >= 15 is 0 Å². The van der Waals surface area contributed by atoms with Crippen LogP contribution in [0.5, 0.6) is 11.8 Å². The summed E-state index contributed by atoms with van der Waals surface area (Å²) in [5.41, 5.74) is 1.48. The Morgan fingerprint density at radius 1 is 1.32 bits per heavy atom. The summed E-state index contributed by atoms with van der Waals surface area (Å²) in [6, 6.07) is 3.88. The molecule has 0 atom stereocenters. The third-order valence-corrected chi connectivity index (χ3v) is 3.21. The van der Waals surface area contributed by atoms with Gasteiger partial charge in [-0.05, 0) is 12.1 Å². The number of aromatic nitrogens is 1. The molecule has 1 aromatic heterocycles. The van der Waals surface area contributed by atoms with Crippen molar-refractivity contribution >= 4 is 29.3 Å². The minimum atomic E-state index is -0.448. The average molecular weight is 282 g/mol. The van der Waals surface area contributed by atoms with Gasteiger partial charge in [0, 0.05) is 11.6 Å². The third kappa shape index (κ3) is 2.00. The van der Waals surface area contributed by atoms with Crippen LogP contribution in [0.2, 0.25) is 5.02 Å². The second kappa shape index (κ2) is 4.17. The molecule has 0 unspecified atom stereocenters. The summed E-state index contributed by atoms with van der Waals surface area (Å²) in [5, 5.41) is 19.2. The number of rotatable bonds is 1. The van der Waals surface area contributed by atoms with Crippen LogP contribution in [0.1, 0.15) is 5.56 Å². The van der Waals surface area contributed by atoms with E-state index in [4.69, 9.17) is 11.6 Å². The van der Waals surface area contributed by atoms with Crippen LogP contribution in [0.25, 0.3) is 0 Å². The quantitative estimate of drug-likeness (QED) is 0.752. The monoisotopic (exact) mass is 281 g/mol. The molecule has 1 aliphatic rings. The molecule has 0 radical (unpaired) electrons. The Morgan fingerprint density at radius 2 is 2.11 bits per heavy atom. The number of nitrogens with zero attached hydrogens (tertiary/aromatic N) is 2. The lowest BCUT2D eigenvalue weighted by atomic mass is 10.1. The standard InChI is InChI=1S/C12H9ClFN3O2/c13-8-1-6(14)2-9-7(8)4-17(5-15-9)10-3-11(18)16-12(10)19/h1-3,5,16,18-19H,4H2. The zero-order chi connectivity index (χ0) is 13.6. The van der Waals surface area contributed by atoms with Crippen molar-refractivity contribution in [2.24, 2.45) is 4.99 Å². The number of aromatic amines is 1. The molecule has 7 heteroatoms. The van der Waals surface area contributed by atoms with Gasteiger partial charge in [0.2, 0.25) is 5.88 Å². The number of halogens is 2. The van der Waals surface area contributed by atoms with Crippen molar-refractivity contribution in [1.29, 1.82) is 0 Å². The smallest absolute Gasteiger partial charge is 0.215 e. The summed E-state index contributed by atoms with van der Waals surface area (Å²) in [6.45, 7) is 0.322. The van der Waals surface area contributed by atoms with Gasteiger partial charge in [-0.25, -0.2) is 9.38 Å². The molecule has 1 aliphatic heterocycles. The molecule has 2 aromatic rings. The Kier molecular flexibility index (Phi) is 2.60. The van der Waals surface area contributed by atoms with Gasteiger partial charge in [-0.1, -0.05) is 11.6 Å². The maximum absolute atomic E-state index is 13.2. The van der Waals surface area contributed by atoms with Crippen molar-refractivity contribution in [1.82, 2.24) is 4.98 Å². The molecule has 0 saturated carbocycles. The molecule has 2 heterocycles. The van der Waals surface area contributed by atoms with Crippen molar-refractivity contribution in [3.63, 3.8) is 0 Å². The molecule has 0 saturated heterocycles. The van der Waals surface area contributed by atoms with Crippen LogP contribution in [0.3, 0.4) is 0 Å². The van der Waals surface area contributed by atoms with Crippen molar-refractivity contribution < 1.29 is 14.6 Å². The van der Waals surface area contributed by atoms with E-state index in [9.17, 15) is 14.6 Å². The minimum absolute atomic E-state index is 0.156. The molecule has 19 heavy (non-hydrogen) atoms. The summed E-state index contributed by atoms with van der Waals surface area (Å²) in [4.78, 5) is 8.05. The number of nitrogens with one attached hydrogen (secondary N) is 1. The number of hydrogen-bond acceptors (Lipinski definition) is 4. The predicted octanol–water partition coefficient (Wildman–Crippen LogP) is 2.90. The second-order valence-electron chi connectivity index (χ2n) is 4.15. The number of H-pyrrole nitrogens is 1. The molecular weight excluding hydrogens is 273 g/mol. The lowest BCUT2D eigenvalue weighted by molar-refractivity contribution is 0.425. The number of benzene rings is 1. The van der Waals surface area contributed by atoms with Gasteiger partial charge < -0.3 is 15.1 Å². The lowest BCUT2D eigenvalue weighted by Crippen LogP contribution is -2.23. The number of fused-ring (bicyclic) bond motifs is 1. The summed E-state index contributed by atoms with van der Waals surface area (Å²) in [5.74, 6) is -0.779. The molecule has 1 aromatic carbocycles. The zero-order valence-electron chi connectivity index (χ0n) is 9.56. The summed E-state index contributed by atoms with van der Waals surface area (Å²) in [6.07, 6.45) is 1.44. The van der Waals surface area contributed by atoms with Gasteiger partial charge in [0.15, 0.2) is 5.88 Å². The Hall–Kier alpha value is -2.21. The van der Waals surface area contributed by atoms with Gasteiger partial charge in [-0.3, -0.25) is 4.98 Å². The highest BCUT2D eigenvalue weighted by molar-refractivity contribution is 6.31. The first-order valence-corrected chi connectivity index (χ1v) is 5.82. The molecule has 0 amide bonds. The highest BCUT2D eigenvalue weighted by Gasteiger charge is 2.20. The number of aromatic hydroxyl groups is 2. The molecule has 3 N–H and O–H groups in total. The fraction of sp³-hybridized carbons (Fsp3) is 0.0833. The van der Waals surface area contributed by atoms with E-state index in [1.807, 2.05) is 0 Å². The molecular formula is C12H9ClFN3O2. The third-order valence-electron chi connectivity index (χ3n) is 2.87. The van der Waals surface area contributed by atoms with Crippen LogP contribution in [-0.2, 0) is 6.54 Å². The van der Waals surface area contributed by atoms with Gasteiger partial charge in [-0.2, -0.15) is 0 Å². The maximum atomic E-state index is 13.2. The van der Waals surface area contributed by atoms with E-state index in [0.717, 1.165) is 0 Å². The zero-order valence-corrected chi connectivity index (χ0v) is 10.3. The Morgan fingerprint density at radius 3 is 2.79 bits per heavy atom. The Bertz CT molecular complexity index is 684. The summed E-state index contributed by atoms with van der Waals surface area (Å²) < 4.78 is 13.2. The van der Waals surface area contributed by atoms with Crippen LogP contribution < -0.4 is 4.90 Å². The Labute approximate surface area is 112 Å². The van der Waals surface area contributed by atoms with Gasteiger partial charge in [-0.15, -0.1) is 0 Å². The average Bonchev–Trinajstić information content (AvgIpc) is 2.68. The van der Waals surface area contributed by atoms with E-state index in [1.54, 1.807) is 4.90 Å². The molecule has 0 bridgehead atoms. The molecule has 5 nitrogen and oxygen atoms in total. The van der Waals surface area contributed by atoms with Gasteiger partial charge in [0.25, 0.3) is 0 Å². The summed E-state index contributed by atoms with van der Waals surface area (Å²) >= 11 is 5.98. The van der Waals surface area contributed by atoms with Crippen molar-refractivity contribution in [2.45, 2.75) is 6.54 Å². The first-order valence-electron chi connectivity index (χ1n) is 5.44. The fourth-order valence-electron chi connectivity index (χ4n) is 1.99. The van der Waals surface area contributed by atoms with Crippen LogP contribution >= 0.6 is 11.6 Å². The van der Waals surface area contributed by atoms with Crippen LogP contribution in [-0.4, -0.2) is 21.5 Å². The van der Waals surface area contributed by atoms with E-state index < -0.39 is 5.82 Å². The highest BCUT2D eigenvalue weighted by Crippen LogP contribution is 2.37. The van der Waals surface area contributed by atoms with E-state index in [1.165, 1.54) is 24.5 Å². The summed E-state index contributed by atoms with van der Waals surface area (Å²) in [7, 11) is 0. The molecule has 0 spiro atoms. The van der Waals surface area contributed by atoms with Crippen LogP contribution in [0.15, 0.2) is 23.2 Å². The largest absolute Gasteiger partial charge is 0.494 e. The van der Waals surface area contributed by atoms with Crippen LogP contribution in [0, 0.1) is 5.82 Å². The van der Waals surface area contributed by atoms with Crippen molar-refractivity contribution in [2.75, 3.05) is 4.90 Å². The first-order chi connectivity index (χ1) is 9.04. The number of aliphatic imine (C=N–C) groups is 1. The van der Waals surface area contributed by atoms with Gasteiger partial charge in [0.05, 0.1) is 23.6 Å². The normalized spacial score (nSPS) is 13.7. The number of hydrogen-bond donors (Lipinski definition) is 3. The van der Waals surface area contributed by atoms with Gasteiger partial charge >= 0.3 is 0 Å². The van der Waals surface area contributed by atoms with Crippen LogP contribution in [0.4, 0.5) is 15.8 Å². The van der Waals surface area contributed by atoms with Crippen molar-refractivity contribution in [3.05, 3.63) is 34.6 Å². The second-order valence-corrected chi connectivity index (χ2v) is 4.55. The molecule has 3 rings (SSSR count). The van der Waals surface area contributed by atoms with Crippen molar-refractivity contribution in [3.8, 4) is 11.8 Å². The molecule has 98 valence electrons. The maximum Gasteiger partial charge on any atom is 0.215 e. The topological polar surface area (TPSA) is 71.8 Å². The number of anilines is 1. The minimum Gasteiger partial charge on any atom is -0.494 e. The fourth-order valence-corrected chi connectivity index (χ4v) is 2.25. The first kappa shape index (κ1) is 11.9. The SMILES string of the molecule is Oc1cc(N2C=Nc3cc(F)cc(Cl)c3C2)c(O)[nH]1. The van der Waals surface area contributed by atoms with E-state index in [2.05, 4.69) is 9.98 Å². The van der Waals surface area contributed by atoms with E-state index in [0.29, 0.717) is 23.5 Å². The Balaban J connectivity index is 2.01. The lowest BCUT2D eigenvalue weighted by Gasteiger charge is -2.24. The molecule has 0 aliphatic carbocycles. The van der Waals surface area contributed by atoms with E-state index in [-0.39, 0.29) is 16.8 Å². The molecule has 0 fully saturated rings. The van der Waals surface area contributed by atoms with Gasteiger partial charge in [0.1, 0.15) is 11.5 Å².